The van der Waals surface area contributed by atoms with Gasteiger partial charge in [0, 0.05) is 12.7 Å². The quantitative estimate of drug-likeness (QED) is 0.585. The Bertz CT molecular complexity index is 245. The number of benzene rings is 1. The van der Waals surface area contributed by atoms with E-state index in [9.17, 15) is 9.18 Å². The minimum absolute atomic E-state index is 0.312. The normalized spacial score (nSPS) is 9.27. The number of amides is 1. The van der Waals surface area contributed by atoms with Crippen LogP contribution in [-0.4, -0.2) is 13.5 Å². The maximum atomic E-state index is 12.3. The lowest BCUT2D eigenvalue weighted by Crippen LogP contribution is -2.13. The Morgan fingerprint density at radius 1 is 1.36 bits per heavy atom. The van der Waals surface area contributed by atoms with Crippen LogP contribution >= 0.6 is 0 Å². The molecule has 0 aliphatic carbocycles. The van der Waals surface area contributed by atoms with Crippen LogP contribution in [0.15, 0.2) is 24.3 Å². The summed E-state index contributed by atoms with van der Waals surface area (Å²) in [5.74, 6) is -0.312. The number of anilines is 1. The summed E-state index contributed by atoms with van der Waals surface area (Å²) < 4.78 is 12.3. The fourth-order valence-corrected chi connectivity index (χ4v) is 0.717. The highest BCUT2D eigenvalue weighted by molar-refractivity contribution is 5.74. The lowest BCUT2D eigenvalue weighted by atomic mass is 10.3. The van der Waals surface area contributed by atoms with Crippen LogP contribution in [0.1, 0.15) is 0 Å². The van der Waals surface area contributed by atoms with E-state index in [1.165, 1.54) is 29.2 Å². The van der Waals surface area contributed by atoms with Crippen molar-refractivity contribution in [1.29, 1.82) is 0 Å². The number of hydrogen-bond acceptors (Lipinski definition) is 1. The van der Waals surface area contributed by atoms with Crippen molar-refractivity contribution in [2.45, 2.75) is 0 Å². The zero-order valence-corrected chi connectivity index (χ0v) is 6.04. The summed E-state index contributed by atoms with van der Waals surface area (Å²) in [5.41, 5.74) is 0.626. The summed E-state index contributed by atoms with van der Waals surface area (Å²) >= 11 is 0. The van der Waals surface area contributed by atoms with Crippen molar-refractivity contribution in [2.24, 2.45) is 0 Å². The molecule has 1 radical (unpaired) electrons. The van der Waals surface area contributed by atoms with E-state index in [1.807, 2.05) is 0 Å². The van der Waals surface area contributed by atoms with Gasteiger partial charge in [0.2, 0.25) is 0 Å². The molecular formula is C8H7FNO. The highest BCUT2D eigenvalue weighted by atomic mass is 19.1. The van der Waals surface area contributed by atoms with Gasteiger partial charge in [-0.3, -0.25) is 4.79 Å². The van der Waals surface area contributed by atoms with Crippen LogP contribution in [0.2, 0.25) is 0 Å². The first-order valence-electron chi connectivity index (χ1n) is 3.11. The second-order valence-electron chi connectivity index (χ2n) is 2.13. The third kappa shape index (κ3) is 1.77. The topological polar surface area (TPSA) is 20.3 Å². The van der Waals surface area contributed by atoms with Crippen LogP contribution in [0, 0.1) is 5.82 Å². The summed E-state index contributed by atoms with van der Waals surface area (Å²) in [6, 6.07) is 5.62. The Kier molecular flexibility index (Phi) is 2.21. The highest BCUT2D eigenvalue weighted by Crippen LogP contribution is 2.10. The van der Waals surface area contributed by atoms with Gasteiger partial charge in [-0.25, -0.2) is 4.39 Å². The van der Waals surface area contributed by atoms with E-state index >= 15 is 0 Å². The van der Waals surface area contributed by atoms with Crippen LogP contribution in [-0.2, 0) is 4.79 Å². The molecule has 1 aromatic rings. The molecule has 11 heavy (non-hydrogen) atoms. The lowest BCUT2D eigenvalue weighted by molar-refractivity contribution is 0.554. The zero-order valence-electron chi connectivity index (χ0n) is 6.04. The maximum absolute atomic E-state index is 12.3. The Hall–Kier alpha value is -1.38. The van der Waals surface area contributed by atoms with E-state index in [0.717, 1.165) is 0 Å². The number of rotatable bonds is 2. The molecule has 0 unspecified atom stereocenters. The second-order valence-corrected chi connectivity index (χ2v) is 2.13. The van der Waals surface area contributed by atoms with Gasteiger partial charge in [0.1, 0.15) is 5.82 Å². The van der Waals surface area contributed by atoms with Crippen molar-refractivity contribution in [2.75, 3.05) is 11.9 Å². The third-order valence-electron chi connectivity index (χ3n) is 1.35. The first-order valence-corrected chi connectivity index (χ1v) is 3.11. The fourth-order valence-electron chi connectivity index (χ4n) is 0.717. The van der Waals surface area contributed by atoms with Crippen LogP contribution in [0.4, 0.5) is 10.1 Å². The van der Waals surface area contributed by atoms with Crippen molar-refractivity contribution >= 4 is 12.1 Å². The number of halogens is 1. The molecule has 0 spiro atoms. The molecule has 57 valence electrons. The predicted molar refractivity (Wildman–Crippen MR) is 40.5 cm³/mol. The number of nitrogens with zero attached hydrogens (tertiary/aromatic N) is 1. The number of carbonyl (C=O) groups excluding carboxylic acids is 1. The third-order valence-corrected chi connectivity index (χ3v) is 1.35. The van der Waals surface area contributed by atoms with Gasteiger partial charge in [-0.15, -0.1) is 0 Å². The molecule has 0 fully saturated rings. The van der Waals surface area contributed by atoms with Crippen LogP contribution in [0.25, 0.3) is 0 Å². The highest BCUT2D eigenvalue weighted by Gasteiger charge is 1.97. The summed E-state index contributed by atoms with van der Waals surface area (Å²) in [7, 11) is 1.56. The Labute approximate surface area is 64.2 Å². The lowest BCUT2D eigenvalue weighted by Gasteiger charge is -2.07. The molecule has 0 aliphatic heterocycles. The molecule has 0 saturated carbocycles. The second kappa shape index (κ2) is 3.14. The molecule has 0 aliphatic rings. The van der Waals surface area contributed by atoms with Gasteiger partial charge >= 0.3 is 6.41 Å². The molecule has 0 atom stereocenters. The van der Waals surface area contributed by atoms with E-state index in [1.54, 1.807) is 13.5 Å². The van der Waals surface area contributed by atoms with Crippen molar-refractivity contribution in [3.05, 3.63) is 30.1 Å². The standard InChI is InChI=1S/C8H7FNO/c1-10(6-11)8-4-2-7(9)3-5-8/h2-5H,1H3. The first kappa shape index (κ1) is 7.72. The molecule has 0 aromatic heterocycles. The Balaban J connectivity index is 2.89. The van der Waals surface area contributed by atoms with E-state index in [0.29, 0.717) is 5.69 Å². The van der Waals surface area contributed by atoms with Crippen molar-refractivity contribution in [3.63, 3.8) is 0 Å². The molecule has 0 bridgehead atoms. The summed E-state index contributed by atoms with van der Waals surface area (Å²) in [4.78, 5) is 11.3. The summed E-state index contributed by atoms with van der Waals surface area (Å²) in [6.45, 7) is 0. The van der Waals surface area contributed by atoms with Crippen molar-refractivity contribution in [1.82, 2.24) is 0 Å². The maximum Gasteiger partial charge on any atom is 0.316 e. The molecule has 0 saturated heterocycles. The van der Waals surface area contributed by atoms with Gasteiger partial charge in [-0.2, -0.15) is 0 Å². The smallest absolute Gasteiger partial charge is 0.307 e. The molecule has 0 N–H and O–H groups in total. The Morgan fingerprint density at radius 3 is 2.36 bits per heavy atom. The van der Waals surface area contributed by atoms with Crippen LogP contribution in [0.5, 0.6) is 0 Å². The van der Waals surface area contributed by atoms with Gasteiger partial charge in [0.25, 0.3) is 0 Å². The molecule has 1 rings (SSSR count). The predicted octanol–water partition coefficient (Wildman–Crippen LogP) is 1.33. The molecule has 1 amide bonds. The largest absolute Gasteiger partial charge is 0.316 e. The van der Waals surface area contributed by atoms with Gasteiger partial charge in [0.05, 0.1) is 0 Å². The van der Waals surface area contributed by atoms with Crippen molar-refractivity contribution < 1.29 is 9.18 Å². The van der Waals surface area contributed by atoms with E-state index in [2.05, 4.69) is 0 Å². The van der Waals surface area contributed by atoms with Crippen LogP contribution in [0.3, 0.4) is 0 Å². The van der Waals surface area contributed by atoms with Crippen molar-refractivity contribution in [3.8, 4) is 0 Å². The number of hydrogen-bond donors (Lipinski definition) is 0. The average molecular weight is 152 g/mol. The van der Waals surface area contributed by atoms with E-state index < -0.39 is 0 Å². The summed E-state index contributed by atoms with van der Waals surface area (Å²) in [5, 5.41) is 0. The van der Waals surface area contributed by atoms with Gasteiger partial charge in [-0.1, -0.05) is 0 Å². The monoisotopic (exact) mass is 152 g/mol. The molecule has 0 heterocycles. The zero-order chi connectivity index (χ0) is 8.27. The summed E-state index contributed by atoms with van der Waals surface area (Å²) in [6.07, 6.45) is 1.66. The average Bonchev–Trinajstić information content (AvgIpc) is 2.05. The first-order chi connectivity index (χ1) is 5.24. The fraction of sp³-hybridized carbons (Fsp3) is 0.125. The molecule has 3 heteroatoms. The van der Waals surface area contributed by atoms with Gasteiger partial charge in [0.15, 0.2) is 0 Å². The van der Waals surface area contributed by atoms with Gasteiger partial charge in [-0.05, 0) is 24.3 Å². The van der Waals surface area contributed by atoms with E-state index in [-0.39, 0.29) is 5.82 Å². The Morgan fingerprint density at radius 2 is 1.91 bits per heavy atom. The minimum Gasteiger partial charge on any atom is -0.307 e. The molecule has 2 nitrogen and oxygen atoms in total. The van der Waals surface area contributed by atoms with Gasteiger partial charge < -0.3 is 4.90 Å². The van der Waals surface area contributed by atoms with E-state index in [4.69, 9.17) is 0 Å². The minimum atomic E-state index is -0.312. The van der Waals surface area contributed by atoms with Crippen LogP contribution < -0.4 is 4.90 Å². The molecule has 1 aromatic carbocycles. The molecular weight excluding hydrogens is 145 g/mol. The SMILES string of the molecule is CN([C]=O)c1ccc(F)cc1.